The Morgan fingerprint density at radius 2 is 1.81 bits per heavy atom. The van der Waals surface area contributed by atoms with Crippen molar-refractivity contribution in [3.63, 3.8) is 0 Å². The normalized spacial score (nSPS) is 11.7. The molecule has 2 heterocycles. The molecule has 0 spiro atoms. The minimum Gasteiger partial charge on any atom is -0.487 e. The highest BCUT2D eigenvalue weighted by atomic mass is 16.5. The topological polar surface area (TPSA) is 81.9 Å². The van der Waals surface area contributed by atoms with Crippen LogP contribution in [0.3, 0.4) is 0 Å². The van der Waals surface area contributed by atoms with Crippen LogP contribution in [0, 0.1) is 6.92 Å². The van der Waals surface area contributed by atoms with Crippen LogP contribution in [-0.4, -0.2) is 21.4 Å². The number of benzene rings is 2. The van der Waals surface area contributed by atoms with Crippen molar-refractivity contribution in [3.05, 3.63) is 101 Å². The summed E-state index contributed by atoms with van der Waals surface area (Å²) in [5.74, 6) is 0.900. The van der Waals surface area contributed by atoms with Crippen molar-refractivity contribution in [3.8, 4) is 11.5 Å². The molecular weight excluding hydrogens is 406 g/mol. The zero-order chi connectivity index (χ0) is 22.5. The maximum atomic E-state index is 12.5. The first-order valence-electron chi connectivity index (χ1n) is 10.2. The molecule has 1 atom stereocenters. The lowest BCUT2D eigenvalue weighted by atomic mass is 10.2. The van der Waals surface area contributed by atoms with E-state index < -0.39 is 6.10 Å². The number of carbonyl (C=O) groups excluding carboxylic acids is 1. The summed E-state index contributed by atoms with van der Waals surface area (Å²) in [6.07, 6.45) is 1.04. The Morgan fingerprint density at radius 3 is 2.62 bits per heavy atom. The molecule has 0 aliphatic heterocycles. The van der Waals surface area contributed by atoms with Gasteiger partial charge in [-0.25, -0.2) is 4.98 Å². The lowest BCUT2D eigenvalue weighted by molar-refractivity contribution is -0.122. The molecule has 4 aromatic rings. The largest absolute Gasteiger partial charge is 0.487 e. The molecule has 0 aliphatic carbocycles. The van der Waals surface area contributed by atoms with Gasteiger partial charge in [0.25, 0.3) is 11.5 Å². The number of hydrogen-bond acceptors (Lipinski definition) is 5. The maximum Gasteiger partial charge on any atom is 0.265 e. The summed E-state index contributed by atoms with van der Waals surface area (Å²) in [7, 11) is 0. The molecule has 1 amide bonds. The summed E-state index contributed by atoms with van der Waals surface area (Å²) in [4.78, 5) is 29.3. The summed E-state index contributed by atoms with van der Waals surface area (Å²) in [6, 6.07) is 21.4. The van der Waals surface area contributed by atoms with Crippen LogP contribution in [0.1, 0.15) is 18.2 Å². The standard InChI is InChI=1S/C25H23N3O4/c1-17-11-12-28-23(13-17)26-20(15-24(28)29)16-31-22-10-6-7-19(14-22)27-25(30)18(2)32-21-8-4-3-5-9-21/h3-15,18H,16H2,1-2H3,(H,27,30). The van der Waals surface area contributed by atoms with Gasteiger partial charge in [0.15, 0.2) is 6.10 Å². The van der Waals surface area contributed by atoms with Gasteiger partial charge in [-0.2, -0.15) is 0 Å². The molecule has 7 heteroatoms. The van der Waals surface area contributed by atoms with Crippen LogP contribution in [-0.2, 0) is 11.4 Å². The second-order valence-corrected chi connectivity index (χ2v) is 7.40. The molecule has 0 radical (unpaired) electrons. The van der Waals surface area contributed by atoms with E-state index in [1.54, 1.807) is 49.5 Å². The molecule has 4 rings (SSSR count). The maximum absolute atomic E-state index is 12.5. The van der Waals surface area contributed by atoms with Gasteiger partial charge < -0.3 is 14.8 Å². The number of hydrogen-bond donors (Lipinski definition) is 1. The Bertz CT molecular complexity index is 1300. The van der Waals surface area contributed by atoms with Crippen LogP contribution >= 0.6 is 0 Å². The molecule has 2 aromatic heterocycles. The lowest BCUT2D eigenvalue weighted by Crippen LogP contribution is -2.30. The van der Waals surface area contributed by atoms with E-state index >= 15 is 0 Å². The number of nitrogens with one attached hydrogen (secondary N) is 1. The van der Waals surface area contributed by atoms with Gasteiger partial charge in [-0.15, -0.1) is 0 Å². The third-order valence-corrected chi connectivity index (χ3v) is 4.79. The smallest absolute Gasteiger partial charge is 0.265 e. The molecule has 32 heavy (non-hydrogen) atoms. The fourth-order valence-corrected chi connectivity index (χ4v) is 3.15. The SMILES string of the molecule is Cc1ccn2c(=O)cc(COc3cccc(NC(=O)C(C)Oc4ccccc4)c3)nc2c1. The van der Waals surface area contributed by atoms with E-state index in [0.717, 1.165) is 5.56 Å². The van der Waals surface area contributed by atoms with Crippen molar-refractivity contribution in [1.29, 1.82) is 0 Å². The third kappa shape index (κ3) is 5.13. The number of aromatic nitrogens is 2. The number of fused-ring (bicyclic) bond motifs is 1. The lowest BCUT2D eigenvalue weighted by Gasteiger charge is -2.15. The van der Waals surface area contributed by atoms with E-state index in [4.69, 9.17) is 9.47 Å². The highest BCUT2D eigenvalue weighted by Crippen LogP contribution is 2.19. The summed E-state index contributed by atoms with van der Waals surface area (Å²) in [5, 5.41) is 2.83. The molecular formula is C25H23N3O4. The first-order valence-corrected chi connectivity index (χ1v) is 10.2. The summed E-state index contributed by atoms with van der Waals surface area (Å²) >= 11 is 0. The Morgan fingerprint density at radius 1 is 1.03 bits per heavy atom. The first-order chi connectivity index (χ1) is 15.5. The van der Waals surface area contributed by atoms with Gasteiger partial charge in [-0.3, -0.25) is 14.0 Å². The van der Waals surface area contributed by atoms with Crippen LogP contribution in [0.2, 0.25) is 0 Å². The zero-order valence-corrected chi connectivity index (χ0v) is 17.8. The molecule has 0 saturated carbocycles. The third-order valence-electron chi connectivity index (χ3n) is 4.79. The summed E-state index contributed by atoms with van der Waals surface area (Å²) < 4.78 is 13.0. The number of nitrogens with zero attached hydrogens (tertiary/aromatic N) is 2. The van der Waals surface area contributed by atoms with Crippen molar-refractivity contribution in [1.82, 2.24) is 9.38 Å². The fourth-order valence-electron chi connectivity index (χ4n) is 3.15. The number of ether oxygens (including phenoxy) is 2. The van der Waals surface area contributed by atoms with Crippen LogP contribution < -0.4 is 20.3 Å². The summed E-state index contributed by atoms with van der Waals surface area (Å²) in [5.41, 5.74) is 2.54. The Hall–Kier alpha value is -4.13. The number of amides is 1. The zero-order valence-electron chi connectivity index (χ0n) is 17.8. The van der Waals surface area contributed by atoms with Gasteiger partial charge in [-0.05, 0) is 55.8 Å². The average molecular weight is 429 g/mol. The number of anilines is 1. The minimum absolute atomic E-state index is 0.130. The van der Waals surface area contributed by atoms with E-state index in [1.165, 1.54) is 10.5 Å². The molecule has 1 N–H and O–H groups in total. The molecule has 7 nitrogen and oxygen atoms in total. The van der Waals surface area contributed by atoms with Gasteiger partial charge in [0.05, 0.1) is 5.69 Å². The van der Waals surface area contributed by atoms with E-state index in [1.807, 2.05) is 37.3 Å². The number of rotatable bonds is 7. The fraction of sp³-hybridized carbons (Fsp3) is 0.160. The van der Waals surface area contributed by atoms with E-state index in [9.17, 15) is 9.59 Å². The Kier molecular flexibility index (Phi) is 6.17. The molecule has 1 unspecified atom stereocenters. The van der Waals surface area contributed by atoms with Crippen LogP contribution in [0.15, 0.2) is 83.8 Å². The minimum atomic E-state index is -0.666. The average Bonchev–Trinajstić information content (AvgIpc) is 2.78. The molecule has 162 valence electrons. The van der Waals surface area contributed by atoms with Crippen LogP contribution in [0.25, 0.3) is 5.65 Å². The van der Waals surface area contributed by atoms with Crippen molar-refractivity contribution in [2.45, 2.75) is 26.6 Å². The number of pyridine rings is 1. The van der Waals surface area contributed by atoms with Gasteiger partial charge in [0.1, 0.15) is 23.8 Å². The molecule has 0 saturated heterocycles. The quantitative estimate of drug-likeness (QED) is 0.480. The Labute approximate surface area is 185 Å². The van der Waals surface area contributed by atoms with Gasteiger partial charge >= 0.3 is 0 Å². The van der Waals surface area contributed by atoms with Gasteiger partial charge in [-0.1, -0.05) is 24.3 Å². The number of para-hydroxylation sites is 1. The predicted octanol–water partition coefficient (Wildman–Crippen LogP) is 3.99. The van der Waals surface area contributed by atoms with Crippen LogP contribution in [0.4, 0.5) is 5.69 Å². The van der Waals surface area contributed by atoms with Crippen molar-refractivity contribution in [2.75, 3.05) is 5.32 Å². The molecule has 2 aromatic carbocycles. The number of aryl methyl sites for hydroxylation is 1. The van der Waals surface area contributed by atoms with Crippen molar-refractivity contribution in [2.24, 2.45) is 0 Å². The van der Waals surface area contributed by atoms with Crippen LogP contribution in [0.5, 0.6) is 11.5 Å². The molecule has 0 fully saturated rings. The first kappa shape index (κ1) is 21.1. The van der Waals surface area contributed by atoms with E-state index in [0.29, 0.717) is 28.5 Å². The predicted molar refractivity (Wildman–Crippen MR) is 122 cm³/mol. The van der Waals surface area contributed by atoms with E-state index in [2.05, 4.69) is 10.3 Å². The number of carbonyl (C=O) groups is 1. The van der Waals surface area contributed by atoms with Crippen molar-refractivity contribution >= 4 is 17.2 Å². The highest BCUT2D eigenvalue weighted by Gasteiger charge is 2.15. The second-order valence-electron chi connectivity index (χ2n) is 7.40. The van der Waals surface area contributed by atoms with E-state index in [-0.39, 0.29) is 18.1 Å². The molecule has 0 bridgehead atoms. The highest BCUT2D eigenvalue weighted by molar-refractivity contribution is 5.94. The van der Waals surface area contributed by atoms with Gasteiger partial charge in [0.2, 0.25) is 0 Å². The second kappa shape index (κ2) is 9.34. The van der Waals surface area contributed by atoms with Crippen molar-refractivity contribution < 1.29 is 14.3 Å². The van der Waals surface area contributed by atoms with Gasteiger partial charge in [0, 0.05) is 24.0 Å². The molecule has 0 aliphatic rings. The summed E-state index contributed by atoms with van der Waals surface area (Å²) in [6.45, 7) is 3.76. The monoisotopic (exact) mass is 429 g/mol. The Balaban J connectivity index is 1.40.